The van der Waals surface area contributed by atoms with Crippen LogP contribution in [0.2, 0.25) is 0 Å². The molecule has 1 amide bonds. The predicted molar refractivity (Wildman–Crippen MR) is 72.5 cm³/mol. The third-order valence-electron chi connectivity index (χ3n) is 3.16. The number of hydrogen-bond donors (Lipinski definition) is 0. The Morgan fingerprint density at radius 1 is 1.11 bits per heavy atom. The topological polar surface area (TPSA) is 46.6 Å². The van der Waals surface area contributed by atoms with Crippen LogP contribution < -0.4 is 0 Å². The first-order valence-corrected chi connectivity index (χ1v) is 7.06. The van der Waals surface area contributed by atoms with Crippen molar-refractivity contribution >= 4 is 11.9 Å². The van der Waals surface area contributed by atoms with E-state index in [0.717, 1.165) is 19.3 Å². The van der Waals surface area contributed by atoms with Crippen molar-refractivity contribution in [2.45, 2.75) is 58.5 Å². The Balaban J connectivity index is 3.65. The van der Waals surface area contributed by atoms with Gasteiger partial charge in [-0.05, 0) is 26.7 Å². The number of rotatable bonds is 10. The minimum atomic E-state index is -1.39. The van der Waals surface area contributed by atoms with Crippen molar-refractivity contribution in [2.24, 2.45) is 0 Å². The molecule has 4 nitrogen and oxygen atoms in total. The van der Waals surface area contributed by atoms with Crippen molar-refractivity contribution in [2.75, 3.05) is 20.2 Å². The van der Waals surface area contributed by atoms with Crippen molar-refractivity contribution in [3.8, 4) is 0 Å². The number of methoxy groups -OCH3 is 1. The first-order chi connectivity index (χ1) is 9.06. The van der Waals surface area contributed by atoms with Crippen molar-refractivity contribution in [3.05, 3.63) is 0 Å². The Morgan fingerprint density at radius 3 is 2.21 bits per heavy atom. The SMILES string of the molecule is CCN(CC)C(=O)C(F)CCCCCCC(=O)OC. The van der Waals surface area contributed by atoms with E-state index in [9.17, 15) is 14.0 Å². The van der Waals surface area contributed by atoms with E-state index in [1.165, 1.54) is 12.0 Å². The fraction of sp³-hybridized carbons (Fsp3) is 0.857. The molecule has 0 aliphatic heterocycles. The van der Waals surface area contributed by atoms with Gasteiger partial charge >= 0.3 is 5.97 Å². The van der Waals surface area contributed by atoms with E-state index in [4.69, 9.17) is 0 Å². The molecule has 0 bridgehead atoms. The average molecular weight is 275 g/mol. The van der Waals surface area contributed by atoms with Crippen LogP contribution in [-0.2, 0) is 14.3 Å². The van der Waals surface area contributed by atoms with Gasteiger partial charge in [0.05, 0.1) is 7.11 Å². The number of unbranched alkanes of at least 4 members (excludes halogenated alkanes) is 3. The van der Waals surface area contributed by atoms with Crippen LogP contribution in [-0.4, -0.2) is 43.1 Å². The van der Waals surface area contributed by atoms with Crippen molar-refractivity contribution in [3.63, 3.8) is 0 Å². The first kappa shape index (κ1) is 17.9. The highest BCUT2D eigenvalue weighted by molar-refractivity contribution is 5.80. The summed E-state index contributed by atoms with van der Waals surface area (Å²) in [4.78, 5) is 24.0. The van der Waals surface area contributed by atoms with Crippen LogP contribution in [0.3, 0.4) is 0 Å². The highest BCUT2D eigenvalue weighted by atomic mass is 19.1. The zero-order chi connectivity index (χ0) is 14.7. The molecule has 0 saturated heterocycles. The second-order valence-corrected chi connectivity index (χ2v) is 4.51. The maximum absolute atomic E-state index is 13.6. The van der Waals surface area contributed by atoms with Gasteiger partial charge in [-0.25, -0.2) is 4.39 Å². The molecule has 0 heterocycles. The maximum Gasteiger partial charge on any atom is 0.305 e. The van der Waals surface area contributed by atoms with Gasteiger partial charge in [0, 0.05) is 19.5 Å². The number of alkyl halides is 1. The van der Waals surface area contributed by atoms with E-state index in [1.54, 1.807) is 0 Å². The lowest BCUT2D eigenvalue weighted by Crippen LogP contribution is -2.36. The number of carbonyl (C=O) groups is 2. The van der Waals surface area contributed by atoms with E-state index < -0.39 is 12.1 Å². The fourth-order valence-corrected chi connectivity index (χ4v) is 1.91. The summed E-state index contributed by atoms with van der Waals surface area (Å²) in [5, 5.41) is 0. The molecule has 112 valence electrons. The van der Waals surface area contributed by atoms with E-state index in [-0.39, 0.29) is 12.4 Å². The molecule has 0 aromatic heterocycles. The molecular weight excluding hydrogens is 249 g/mol. The Labute approximate surface area is 115 Å². The van der Waals surface area contributed by atoms with Gasteiger partial charge < -0.3 is 9.64 Å². The lowest BCUT2D eigenvalue weighted by molar-refractivity contribution is -0.140. The normalized spacial score (nSPS) is 12.0. The summed E-state index contributed by atoms with van der Waals surface area (Å²) < 4.78 is 18.2. The van der Waals surface area contributed by atoms with E-state index >= 15 is 0 Å². The van der Waals surface area contributed by atoms with Gasteiger partial charge in [0.15, 0.2) is 6.17 Å². The summed E-state index contributed by atoms with van der Waals surface area (Å²) in [5.74, 6) is -0.611. The van der Waals surface area contributed by atoms with Gasteiger partial charge in [-0.15, -0.1) is 0 Å². The molecule has 0 radical (unpaired) electrons. The minimum Gasteiger partial charge on any atom is -0.469 e. The molecule has 0 fully saturated rings. The van der Waals surface area contributed by atoms with Crippen LogP contribution in [0.15, 0.2) is 0 Å². The van der Waals surface area contributed by atoms with Crippen LogP contribution >= 0.6 is 0 Å². The van der Waals surface area contributed by atoms with E-state index in [2.05, 4.69) is 4.74 Å². The summed E-state index contributed by atoms with van der Waals surface area (Å²) in [6.45, 7) is 4.80. The third kappa shape index (κ3) is 7.80. The third-order valence-corrected chi connectivity index (χ3v) is 3.16. The second kappa shape index (κ2) is 10.8. The molecule has 1 unspecified atom stereocenters. The quantitative estimate of drug-likeness (QED) is 0.455. The summed E-state index contributed by atoms with van der Waals surface area (Å²) in [6, 6.07) is 0. The van der Waals surface area contributed by atoms with Crippen LogP contribution in [0.4, 0.5) is 4.39 Å². The fourth-order valence-electron chi connectivity index (χ4n) is 1.91. The van der Waals surface area contributed by atoms with Crippen LogP contribution in [0.1, 0.15) is 52.4 Å². The molecular formula is C14H26FNO3. The Hall–Kier alpha value is -1.13. The molecule has 19 heavy (non-hydrogen) atoms. The lowest BCUT2D eigenvalue weighted by Gasteiger charge is -2.20. The van der Waals surface area contributed by atoms with Gasteiger partial charge in [0.2, 0.25) is 0 Å². The summed E-state index contributed by atoms with van der Waals surface area (Å²) in [7, 11) is 1.37. The number of carbonyl (C=O) groups excluding carboxylic acids is 2. The maximum atomic E-state index is 13.6. The van der Waals surface area contributed by atoms with Crippen molar-refractivity contribution < 1.29 is 18.7 Å². The average Bonchev–Trinajstić information content (AvgIpc) is 2.43. The molecule has 0 saturated carbocycles. The monoisotopic (exact) mass is 275 g/mol. The molecule has 0 aliphatic rings. The standard InChI is InChI=1S/C14H26FNO3/c1-4-16(5-2)14(18)12(15)10-8-6-7-9-11-13(17)19-3/h12H,4-11H2,1-3H3. The van der Waals surface area contributed by atoms with Crippen LogP contribution in [0.5, 0.6) is 0 Å². The number of hydrogen-bond acceptors (Lipinski definition) is 3. The summed E-state index contributed by atoms with van der Waals surface area (Å²) in [6.07, 6.45) is 2.43. The van der Waals surface area contributed by atoms with Gasteiger partial charge in [-0.3, -0.25) is 9.59 Å². The van der Waals surface area contributed by atoms with Gasteiger partial charge in [-0.2, -0.15) is 0 Å². The number of halogens is 1. The minimum absolute atomic E-state index is 0.208. The second-order valence-electron chi connectivity index (χ2n) is 4.51. The molecule has 0 aromatic rings. The number of nitrogens with zero attached hydrogens (tertiary/aromatic N) is 1. The zero-order valence-electron chi connectivity index (χ0n) is 12.3. The van der Waals surface area contributed by atoms with E-state index in [1.807, 2.05) is 13.8 Å². The Bertz CT molecular complexity index is 267. The highest BCUT2D eigenvalue weighted by Gasteiger charge is 2.21. The molecule has 0 rings (SSSR count). The molecule has 0 spiro atoms. The van der Waals surface area contributed by atoms with Gasteiger partial charge in [-0.1, -0.05) is 19.3 Å². The largest absolute Gasteiger partial charge is 0.469 e. The van der Waals surface area contributed by atoms with Gasteiger partial charge in [0.1, 0.15) is 0 Å². The molecule has 1 atom stereocenters. The van der Waals surface area contributed by atoms with Crippen LogP contribution in [0, 0.1) is 0 Å². The van der Waals surface area contributed by atoms with Crippen LogP contribution in [0.25, 0.3) is 0 Å². The lowest BCUT2D eigenvalue weighted by atomic mass is 10.1. The van der Waals surface area contributed by atoms with Crippen molar-refractivity contribution in [1.82, 2.24) is 4.90 Å². The molecule has 0 aliphatic carbocycles. The number of esters is 1. The number of ether oxygens (including phenoxy) is 1. The van der Waals surface area contributed by atoms with Crippen molar-refractivity contribution in [1.29, 1.82) is 0 Å². The Morgan fingerprint density at radius 2 is 1.68 bits per heavy atom. The molecule has 0 N–H and O–H groups in total. The molecule has 5 heteroatoms. The smallest absolute Gasteiger partial charge is 0.305 e. The number of amides is 1. The summed E-state index contributed by atoms with van der Waals surface area (Å²) in [5.41, 5.74) is 0. The zero-order valence-corrected chi connectivity index (χ0v) is 12.3. The molecule has 0 aromatic carbocycles. The van der Waals surface area contributed by atoms with Gasteiger partial charge in [0.25, 0.3) is 5.91 Å². The predicted octanol–water partition coefficient (Wildman–Crippen LogP) is 2.71. The Kier molecular flexibility index (Phi) is 10.1. The van der Waals surface area contributed by atoms with E-state index in [0.29, 0.717) is 25.9 Å². The first-order valence-electron chi connectivity index (χ1n) is 7.06. The summed E-state index contributed by atoms with van der Waals surface area (Å²) >= 11 is 0. The highest BCUT2D eigenvalue weighted by Crippen LogP contribution is 2.12.